The van der Waals surface area contributed by atoms with E-state index in [1.165, 1.54) is 5.56 Å². The fraction of sp³-hybridized carbons (Fsp3) is 0.562. The largest absolute Gasteiger partial charge is 0.341 e. The second-order valence-electron chi connectivity index (χ2n) is 5.98. The lowest BCUT2D eigenvalue weighted by molar-refractivity contribution is -0.129. The number of hydrogen-bond donors (Lipinski definition) is 1. The van der Waals surface area contributed by atoms with Crippen LogP contribution in [0.3, 0.4) is 0 Å². The Hall–Kier alpha value is -1.06. The van der Waals surface area contributed by atoms with Crippen LogP contribution in [0.5, 0.6) is 0 Å². The molecule has 0 bridgehead atoms. The molecule has 2 N–H and O–H groups in total. The molecule has 1 aliphatic heterocycles. The molecule has 0 radical (unpaired) electrons. The number of benzene rings is 1. The van der Waals surface area contributed by atoms with Gasteiger partial charge in [0, 0.05) is 19.1 Å². The van der Waals surface area contributed by atoms with E-state index >= 15 is 0 Å². The molecule has 2 rings (SSSR count). The molecule has 0 aromatic heterocycles. The smallest absolute Gasteiger partial charge is 0.227 e. The van der Waals surface area contributed by atoms with Crippen LogP contribution in [0, 0.1) is 5.92 Å². The Morgan fingerprint density at radius 2 is 1.90 bits per heavy atom. The Bertz CT molecular complexity index is 431. The van der Waals surface area contributed by atoms with Crippen molar-refractivity contribution in [3.05, 3.63) is 35.4 Å². The molecule has 0 unspecified atom stereocenters. The molecule has 0 saturated carbocycles. The molecular weight excluding hydrogens is 272 g/mol. The van der Waals surface area contributed by atoms with Crippen molar-refractivity contribution in [3.8, 4) is 0 Å². The number of halogens is 1. The molecule has 0 aliphatic carbocycles. The van der Waals surface area contributed by atoms with Crippen LogP contribution < -0.4 is 5.73 Å². The standard InChI is InChI=1S/C16H24N2O.ClH/c1-12(2)9-13-3-5-14(6-4-13)10-16(19)18-8-7-15(17)11-18;/h3-6,12,15H,7-11,17H2,1-2H3;1H/t15-;/m1./s1. The fourth-order valence-electron chi connectivity index (χ4n) is 2.56. The summed E-state index contributed by atoms with van der Waals surface area (Å²) in [4.78, 5) is 14.0. The Balaban J connectivity index is 0.00000200. The van der Waals surface area contributed by atoms with Crippen molar-refractivity contribution in [2.75, 3.05) is 13.1 Å². The first-order valence-corrected chi connectivity index (χ1v) is 7.15. The van der Waals surface area contributed by atoms with E-state index in [-0.39, 0.29) is 24.4 Å². The molecule has 1 fully saturated rings. The summed E-state index contributed by atoms with van der Waals surface area (Å²) in [6.45, 7) is 5.96. The normalized spacial score (nSPS) is 18.2. The molecule has 1 aliphatic rings. The van der Waals surface area contributed by atoms with Crippen molar-refractivity contribution in [1.82, 2.24) is 4.90 Å². The fourth-order valence-corrected chi connectivity index (χ4v) is 2.56. The van der Waals surface area contributed by atoms with E-state index in [2.05, 4.69) is 38.1 Å². The lowest BCUT2D eigenvalue weighted by Gasteiger charge is -2.15. The Kier molecular flexibility index (Phi) is 6.50. The average molecular weight is 297 g/mol. The Morgan fingerprint density at radius 3 is 2.40 bits per heavy atom. The average Bonchev–Trinajstić information content (AvgIpc) is 2.78. The monoisotopic (exact) mass is 296 g/mol. The molecule has 20 heavy (non-hydrogen) atoms. The highest BCUT2D eigenvalue weighted by Gasteiger charge is 2.23. The molecule has 1 heterocycles. The second kappa shape index (κ2) is 7.65. The van der Waals surface area contributed by atoms with Gasteiger partial charge in [0.05, 0.1) is 6.42 Å². The molecule has 1 saturated heterocycles. The molecular formula is C16H25ClN2O. The minimum atomic E-state index is 0. The van der Waals surface area contributed by atoms with Crippen LogP contribution in [0.1, 0.15) is 31.4 Å². The zero-order valence-corrected chi connectivity index (χ0v) is 13.2. The van der Waals surface area contributed by atoms with Gasteiger partial charge in [-0.15, -0.1) is 12.4 Å². The van der Waals surface area contributed by atoms with Gasteiger partial charge < -0.3 is 10.6 Å². The van der Waals surface area contributed by atoms with Gasteiger partial charge in [0.1, 0.15) is 0 Å². The van der Waals surface area contributed by atoms with Crippen LogP contribution >= 0.6 is 12.4 Å². The maximum atomic E-state index is 12.1. The molecule has 4 heteroatoms. The van der Waals surface area contributed by atoms with Gasteiger partial charge in [0.2, 0.25) is 5.91 Å². The van der Waals surface area contributed by atoms with E-state index in [0.29, 0.717) is 18.9 Å². The van der Waals surface area contributed by atoms with Crippen molar-refractivity contribution in [1.29, 1.82) is 0 Å². The number of carbonyl (C=O) groups is 1. The predicted molar refractivity (Wildman–Crippen MR) is 85.1 cm³/mol. The Morgan fingerprint density at radius 1 is 1.30 bits per heavy atom. The van der Waals surface area contributed by atoms with Crippen LogP contribution in [0.25, 0.3) is 0 Å². The van der Waals surface area contributed by atoms with Crippen LogP contribution in [0.4, 0.5) is 0 Å². The zero-order chi connectivity index (χ0) is 13.8. The van der Waals surface area contributed by atoms with Gasteiger partial charge >= 0.3 is 0 Å². The van der Waals surface area contributed by atoms with E-state index in [4.69, 9.17) is 5.73 Å². The van der Waals surface area contributed by atoms with Gasteiger partial charge in [0.15, 0.2) is 0 Å². The van der Waals surface area contributed by atoms with Gasteiger partial charge in [-0.2, -0.15) is 0 Å². The van der Waals surface area contributed by atoms with Crippen LogP contribution in [-0.4, -0.2) is 29.9 Å². The summed E-state index contributed by atoms with van der Waals surface area (Å²) in [7, 11) is 0. The number of carbonyl (C=O) groups excluding carboxylic acids is 1. The summed E-state index contributed by atoms with van der Waals surface area (Å²) in [6.07, 6.45) is 2.52. The summed E-state index contributed by atoms with van der Waals surface area (Å²) >= 11 is 0. The van der Waals surface area contributed by atoms with E-state index in [9.17, 15) is 4.79 Å². The summed E-state index contributed by atoms with van der Waals surface area (Å²) < 4.78 is 0. The number of likely N-dealkylation sites (tertiary alicyclic amines) is 1. The summed E-state index contributed by atoms with van der Waals surface area (Å²) in [5, 5.41) is 0. The van der Waals surface area contributed by atoms with Gasteiger partial charge in [-0.3, -0.25) is 4.79 Å². The minimum Gasteiger partial charge on any atom is -0.341 e. The summed E-state index contributed by atoms with van der Waals surface area (Å²) in [5.41, 5.74) is 8.27. The van der Waals surface area contributed by atoms with Crippen molar-refractivity contribution < 1.29 is 4.79 Å². The highest BCUT2D eigenvalue weighted by Crippen LogP contribution is 2.13. The molecule has 3 nitrogen and oxygen atoms in total. The number of amides is 1. The quantitative estimate of drug-likeness (QED) is 0.927. The van der Waals surface area contributed by atoms with E-state index in [0.717, 1.165) is 24.9 Å². The first-order valence-electron chi connectivity index (χ1n) is 7.15. The minimum absolute atomic E-state index is 0. The van der Waals surface area contributed by atoms with Gasteiger partial charge in [-0.05, 0) is 29.9 Å². The van der Waals surface area contributed by atoms with E-state index in [1.54, 1.807) is 0 Å². The molecule has 1 aromatic carbocycles. The molecule has 112 valence electrons. The van der Waals surface area contributed by atoms with Crippen LogP contribution in [0.15, 0.2) is 24.3 Å². The first kappa shape index (κ1) is 17.0. The molecule has 1 atom stereocenters. The van der Waals surface area contributed by atoms with E-state index in [1.807, 2.05) is 4.90 Å². The number of nitrogens with two attached hydrogens (primary N) is 1. The molecule has 0 spiro atoms. The van der Waals surface area contributed by atoms with E-state index < -0.39 is 0 Å². The highest BCUT2D eigenvalue weighted by atomic mass is 35.5. The third-order valence-electron chi connectivity index (χ3n) is 3.60. The van der Waals surface area contributed by atoms with Gasteiger partial charge in [0.25, 0.3) is 0 Å². The van der Waals surface area contributed by atoms with Crippen molar-refractivity contribution in [2.45, 2.75) is 39.2 Å². The number of nitrogens with zero attached hydrogens (tertiary/aromatic N) is 1. The predicted octanol–water partition coefficient (Wildman–Crippen LogP) is 2.41. The maximum Gasteiger partial charge on any atom is 0.227 e. The highest BCUT2D eigenvalue weighted by molar-refractivity contribution is 5.85. The maximum absolute atomic E-state index is 12.1. The van der Waals surface area contributed by atoms with Crippen LogP contribution in [0.2, 0.25) is 0 Å². The lowest BCUT2D eigenvalue weighted by atomic mass is 10.0. The summed E-state index contributed by atoms with van der Waals surface area (Å²) in [6, 6.07) is 8.59. The zero-order valence-electron chi connectivity index (χ0n) is 12.3. The first-order chi connectivity index (χ1) is 9.04. The third-order valence-corrected chi connectivity index (χ3v) is 3.60. The Labute approximate surface area is 127 Å². The van der Waals surface area contributed by atoms with Crippen molar-refractivity contribution in [2.24, 2.45) is 11.7 Å². The molecule has 1 amide bonds. The molecule has 1 aromatic rings. The van der Waals surface area contributed by atoms with Gasteiger partial charge in [-0.1, -0.05) is 38.1 Å². The van der Waals surface area contributed by atoms with Crippen molar-refractivity contribution in [3.63, 3.8) is 0 Å². The number of hydrogen-bond acceptors (Lipinski definition) is 2. The second-order valence-corrected chi connectivity index (χ2v) is 5.98. The summed E-state index contributed by atoms with van der Waals surface area (Å²) in [5.74, 6) is 0.864. The topological polar surface area (TPSA) is 46.3 Å². The lowest BCUT2D eigenvalue weighted by Crippen LogP contribution is -2.32. The van der Waals surface area contributed by atoms with Gasteiger partial charge in [-0.25, -0.2) is 0 Å². The van der Waals surface area contributed by atoms with Crippen molar-refractivity contribution >= 4 is 18.3 Å². The number of rotatable bonds is 4. The third kappa shape index (κ3) is 4.80. The SMILES string of the molecule is CC(C)Cc1ccc(CC(=O)N2CC[C@@H](N)C2)cc1.Cl. The van der Waals surface area contributed by atoms with Crippen LogP contribution in [-0.2, 0) is 17.6 Å².